The molecule has 0 bridgehead atoms. The highest BCUT2D eigenvalue weighted by atomic mass is 19.1. The van der Waals surface area contributed by atoms with Crippen molar-refractivity contribution in [1.29, 1.82) is 0 Å². The number of fused-ring (bicyclic) bond motifs is 1. The highest BCUT2D eigenvalue weighted by Gasteiger charge is 2.14. The molecule has 1 amide bonds. The molecule has 1 heterocycles. The Labute approximate surface area is 166 Å². The smallest absolute Gasteiger partial charge is 0.244 e. The lowest BCUT2D eigenvalue weighted by atomic mass is 10.0. The van der Waals surface area contributed by atoms with Crippen LogP contribution in [0.25, 0.3) is 17.0 Å². The van der Waals surface area contributed by atoms with Crippen LogP contribution in [0.2, 0.25) is 0 Å². The van der Waals surface area contributed by atoms with Gasteiger partial charge in [0.25, 0.3) is 0 Å². The summed E-state index contributed by atoms with van der Waals surface area (Å²) in [6.07, 6.45) is 2.98. The molecule has 3 rings (SSSR count). The van der Waals surface area contributed by atoms with Crippen LogP contribution < -0.4 is 5.32 Å². The van der Waals surface area contributed by atoms with Crippen LogP contribution in [0.5, 0.6) is 0 Å². The number of aliphatic hydroxyl groups is 1. The first kappa shape index (κ1) is 20.7. The maximum Gasteiger partial charge on any atom is 0.244 e. The van der Waals surface area contributed by atoms with E-state index in [-0.39, 0.29) is 11.4 Å². The van der Waals surface area contributed by atoms with Gasteiger partial charge in [-0.3, -0.25) is 4.79 Å². The van der Waals surface area contributed by atoms with Gasteiger partial charge in [-0.2, -0.15) is 0 Å². The van der Waals surface area contributed by atoms with E-state index in [9.17, 15) is 18.0 Å². The summed E-state index contributed by atoms with van der Waals surface area (Å²) < 4.78 is 41.3. The van der Waals surface area contributed by atoms with E-state index in [1.165, 1.54) is 18.2 Å². The van der Waals surface area contributed by atoms with Gasteiger partial charge >= 0.3 is 0 Å². The molecule has 3 aromatic rings. The van der Waals surface area contributed by atoms with Crippen LogP contribution in [0, 0.1) is 31.3 Å². The lowest BCUT2D eigenvalue weighted by Gasteiger charge is -2.06. The van der Waals surface area contributed by atoms with E-state index < -0.39 is 29.7 Å². The van der Waals surface area contributed by atoms with Crippen molar-refractivity contribution < 1.29 is 23.1 Å². The van der Waals surface area contributed by atoms with Crippen molar-refractivity contribution in [2.75, 3.05) is 6.54 Å². The highest BCUT2D eigenvalue weighted by molar-refractivity contribution is 5.92. The number of aromatic amines is 1. The Morgan fingerprint density at radius 1 is 1.10 bits per heavy atom. The summed E-state index contributed by atoms with van der Waals surface area (Å²) >= 11 is 0. The van der Waals surface area contributed by atoms with Crippen LogP contribution in [0.1, 0.15) is 27.9 Å². The van der Waals surface area contributed by atoms with Gasteiger partial charge in [0, 0.05) is 29.3 Å². The number of rotatable bonds is 6. The van der Waals surface area contributed by atoms with Gasteiger partial charge in [0.1, 0.15) is 17.5 Å². The normalized spacial score (nSPS) is 11.5. The average Bonchev–Trinajstić information content (AvgIpc) is 3.01. The molecule has 0 saturated heterocycles. The largest absolute Gasteiger partial charge is 0.391 e. The van der Waals surface area contributed by atoms with E-state index in [2.05, 4.69) is 10.3 Å². The third kappa shape index (κ3) is 4.35. The summed E-state index contributed by atoms with van der Waals surface area (Å²) in [7, 11) is 0. The zero-order valence-corrected chi connectivity index (χ0v) is 16.1. The van der Waals surface area contributed by atoms with Crippen LogP contribution in [-0.2, 0) is 17.8 Å². The molecular formula is C22H21F3N2O2. The first-order valence-electron chi connectivity index (χ1n) is 9.12. The topological polar surface area (TPSA) is 65.1 Å². The molecule has 1 aromatic heterocycles. The summed E-state index contributed by atoms with van der Waals surface area (Å²) in [4.78, 5) is 15.1. The number of aryl methyl sites for hydroxylation is 2. The first-order chi connectivity index (χ1) is 13.8. The summed E-state index contributed by atoms with van der Waals surface area (Å²) in [5.41, 5.74) is 2.94. The molecule has 0 saturated carbocycles. The molecule has 0 aliphatic heterocycles. The van der Waals surface area contributed by atoms with Gasteiger partial charge in [-0.1, -0.05) is 6.07 Å². The average molecular weight is 402 g/mol. The molecule has 0 unspecified atom stereocenters. The maximum absolute atomic E-state index is 14.0. The number of aliphatic hydroxyl groups excluding tert-OH is 1. The number of hydrogen-bond acceptors (Lipinski definition) is 2. The van der Waals surface area contributed by atoms with Crippen molar-refractivity contribution in [3.8, 4) is 0 Å². The van der Waals surface area contributed by atoms with Crippen LogP contribution in [-0.4, -0.2) is 22.5 Å². The van der Waals surface area contributed by atoms with Gasteiger partial charge < -0.3 is 15.4 Å². The number of halogens is 3. The van der Waals surface area contributed by atoms with Crippen molar-refractivity contribution in [2.45, 2.75) is 26.9 Å². The molecule has 0 radical (unpaired) electrons. The number of hydrogen-bond donors (Lipinski definition) is 3. The Morgan fingerprint density at radius 2 is 1.79 bits per heavy atom. The maximum atomic E-state index is 14.0. The summed E-state index contributed by atoms with van der Waals surface area (Å²) in [5.74, 6) is -2.48. The minimum absolute atomic E-state index is 0.172. The standard InChI is InChI=1S/C22H21F3N2O2/c1-12-3-5-17(23)22-21(12)15(13(2)27-22)7-8-26-20(29)6-4-14-9-18(24)16(11-28)19(25)10-14/h3-6,9-10,27-28H,7-8,11H2,1-2H3,(H,26,29)/b6-4+. The van der Waals surface area contributed by atoms with Crippen LogP contribution in [0.15, 0.2) is 30.3 Å². The van der Waals surface area contributed by atoms with Crippen molar-refractivity contribution >= 4 is 22.9 Å². The van der Waals surface area contributed by atoms with Gasteiger partial charge in [0.2, 0.25) is 5.91 Å². The van der Waals surface area contributed by atoms with E-state index >= 15 is 0 Å². The number of carbonyl (C=O) groups excluding carboxylic acids is 1. The van der Waals surface area contributed by atoms with E-state index in [0.717, 1.165) is 34.3 Å². The zero-order valence-electron chi connectivity index (χ0n) is 16.1. The Balaban J connectivity index is 1.65. The number of H-pyrrole nitrogens is 1. The predicted molar refractivity (Wildman–Crippen MR) is 106 cm³/mol. The Kier molecular flexibility index (Phi) is 6.08. The zero-order chi connectivity index (χ0) is 21.1. The molecule has 7 heteroatoms. The first-order valence-corrected chi connectivity index (χ1v) is 9.12. The predicted octanol–water partition coefficient (Wildman–Crippen LogP) is 4.07. The Bertz CT molecular complexity index is 1080. The third-order valence-corrected chi connectivity index (χ3v) is 4.85. The second kappa shape index (κ2) is 8.53. The van der Waals surface area contributed by atoms with E-state index in [4.69, 9.17) is 5.11 Å². The lowest BCUT2D eigenvalue weighted by Crippen LogP contribution is -2.23. The highest BCUT2D eigenvalue weighted by Crippen LogP contribution is 2.27. The van der Waals surface area contributed by atoms with Gasteiger partial charge in [0.05, 0.1) is 12.1 Å². The monoisotopic (exact) mass is 402 g/mol. The van der Waals surface area contributed by atoms with E-state index in [0.29, 0.717) is 18.5 Å². The number of carbonyl (C=O) groups is 1. The fourth-order valence-corrected chi connectivity index (χ4v) is 3.37. The van der Waals surface area contributed by atoms with Gasteiger partial charge in [-0.05, 0) is 61.2 Å². The molecule has 4 nitrogen and oxygen atoms in total. The van der Waals surface area contributed by atoms with Crippen molar-refractivity contribution in [1.82, 2.24) is 10.3 Å². The van der Waals surface area contributed by atoms with Gasteiger partial charge in [-0.25, -0.2) is 13.2 Å². The lowest BCUT2D eigenvalue weighted by molar-refractivity contribution is -0.116. The Hall–Kier alpha value is -3.06. The van der Waals surface area contributed by atoms with Crippen LogP contribution >= 0.6 is 0 Å². The fourth-order valence-electron chi connectivity index (χ4n) is 3.37. The Morgan fingerprint density at radius 3 is 2.45 bits per heavy atom. The summed E-state index contributed by atoms with van der Waals surface area (Å²) in [6, 6.07) is 5.23. The molecule has 0 aliphatic rings. The van der Waals surface area contributed by atoms with E-state index in [1.807, 2.05) is 13.8 Å². The molecular weight excluding hydrogens is 381 g/mol. The van der Waals surface area contributed by atoms with Crippen molar-refractivity contribution in [3.05, 3.63) is 75.7 Å². The number of aromatic nitrogens is 1. The molecule has 152 valence electrons. The summed E-state index contributed by atoms with van der Waals surface area (Å²) in [6.45, 7) is 3.34. The van der Waals surface area contributed by atoms with Gasteiger partial charge in [0.15, 0.2) is 0 Å². The number of nitrogens with one attached hydrogen (secondary N) is 2. The number of benzene rings is 2. The molecule has 0 fully saturated rings. The van der Waals surface area contributed by atoms with Crippen LogP contribution in [0.3, 0.4) is 0 Å². The van der Waals surface area contributed by atoms with Crippen LogP contribution in [0.4, 0.5) is 13.2 Å². The minimum atomic E-state index is -0.870. The molecule has 0 spiro atoms. The summed E-state index contributed by atoms with van der Waals surface area (Å²) in [5, 5.41) is 12.4. The molecule has 0 aliphatic carbocycles. The molecule has 0 atom stereocenters. The molecule has 2 aromatic carbocycles. The second-order valence-electron chi connectivity index (χ2n) is 6.84. The molecule has 29 heavy (non-hydrogen) atoms. The minimum Gasteiger partial charge on any atom is -0.391 e. The fraction of sp³-hybridized carbons (Fsp3) is 0.227. The SMILES string of the molecule is Cc1[nH]c2c(F)ccc(C)c2c1CCNC(=O)/C=C/c1cc(F)c(CO)c(F)c1. The van der Waals surface area contributed by atoms with Crippen molar-refractivity contribution in [2.24, 2.45) is 0 Å². The second-order valence-corrected chi connectivity index (χ2v) is 6.84. The van der Waals surface area contributed by atoms with E-state index in [1.54, 1.807) is 6.07 Å². The quantitative estimate of drug-likeness (QED) is 0.545. The van der Waals surface area contributed by atoms with Gasteiger partial charge in [-0.15, -0.1) is 0 Å². The third-order valence-electron chi connectivity index (χ3n) is 4.85. The molecule has 3 N–H and O–H groups in total. The number of amides is 1. The van der Waals surface area contributed by atoms with Crippen molar-refractivity contribution in [3.63, 3.8) is 0 Å².